The smallest absolute Gasteiger partial charge is 0.237 e. The van der Waals surface area contributed by atoms with E-state index in [-0.39, 0.29) is 10.9 Å². The molecule has 0 saturated heterocycles. The van der Waals surface area contributed by atoms with Crippen molar-refractivity contribution in [3.8, 4) is 5.69 Å². The summed E-state index contributed by atoms with van der Waals surface area (Å²) < 4.78 is 14.9. The van der Waals surface area contributed by atoms with Crippen LogP contribution in [0.4, 0.5) is 10.1 Å². The van der Waals surface area contributed by atoms with Gasteiger partial charge in [0.05, 0.1) is 16.0 Å². The van der Waals surface area contributed by atoms with Gasteiger partial charge < -0.3 is 5.32 Å². The first kappa shape index (κ1) is 19.3. The minimum atomic E-state index is -0.537. The zero-order valence-electron chi connectivity index (χ0n) is 14.9. The number of halogens is 2. The number of aromatic nitrogens is 4. The Labute approximate surface area is 165 Å². The lowest BCUT2D eigenvalue weighted by Gasteiger charge is -2.13. The fourth-order valence-electron chi connectivity index (χ4n) is 2.38. The molecule has 2 aromatic carbocycles. The highest BCUT2D eigenvalue weighted by Crippen LogP contribution is 2.26. The van der Waals surface area contributed by atoms with Crippen LogP contribution in [0.5, 0.6) is 0 Å². The Balaban J connectivity index is 1.75. The van der Waals surface area contributed by atoms with Gasteiger partial charge in [0.2, 0.25) is 11.1 Å². The highest BCUT2D eigenvalue weighted by molar-refractivity contribution is 8.00. The van der Waals surface area contributed by atoms with Gasteiger partial charge in [-0.25, -0.2) is 4.39 Å². The molecule has 0 aliphatic carbocycles. The van der Waals surface area contributed by atoms with Crippen molar-refractivity contribution in [1.82, 2.24) is 20.2 Å². The van der Waals surface area contributed by atoms with Crippen LogP contribution in [-0.4, -0.2) is 31.4 Å². The molecule has 0 unspecified atom stereocenters. The molecular weight excluding hydrogens is 389 g/mol. The highest BCUT2D eigenvalue weighted by Gasteiger charge is 2.20. The van der Waals surface area contributed by atoms with Gasteiger partial charge in [-0.05, 0) is 66.6 Å². The van der Waals surface area contributed by atoms with E-state index in [0.29, 0.717) is 10.8 Å². The fourth-order valence-corrected chi connectivity index (χ4v) is 3.36. The lowest BCUT2D eigenvalue weighted by Crippen LogP contribution is -2.23. The monoisotopic (exact) mass is 405 g/mol. The molecule has 0 aliphatic rings. The Morgan fingerprint density at radius 3 is 2.78 bits per heavy atom. The normalized spacial score (nSPS) is 12.0. The molecule has 0 bridgehead atoms. The standard InChI is InChI=1S/C18H17ClFN5OS/c1-10-4-5-11(2)16(8-10)25-18(22-23-24-25)27-12(3)17(26)21-13-6-7-15(20)14(19)9-13/h4-9,12H,1-3H3,(H,21,26)/t12-/m1/s1. The third kappa shape index (κ3) is 4.45. The number of rotatable bonds is 5. The Kier molecular flexibility index (Phi) is 5.76. The van der Waals surface area contributed by atoms with Crippen LogP contribution in [0.1, 0.15) is 18.1 Å². The first-order valence-electron chi connectivity index (χ1n) is 8.13. The van der Waals surface area contributed by atoms with Crippen LogP contribution in [0.2, 0.25) is 5.02 Å². The first-order valence-corrected chi connectivity index (χ1v) is 9.39. The van der Waals surface area contributed by atoms with Gasteiger partial charge in [-0.3, -0.25) is 4.79 Å². The van der Waals surface area contributed by atoms with Crippen LogP contribution in [0.25, 0.3) is 5.69 Å². The summed E-state index contributed by atoms with van der Waals surface area (Å²) in [7, 11) is 0. The minimum absolute atomic E-state index is 0.0491. The molecule has 140 valence electrons. The van der Waals surface area contributed by atoms with Crippen LogP contribution in [0.3, 0.4) is 0 Å². The van der Waals surface area contributed by atoms with Crippen LogP contribution in [-0.2, 0) is 4.79 Å². The molecule has 1 atom stereocenters. The van der Waals surface area contributed by atoms with Crippen molar-refractivity contribution in [3.63, 3.8) is 0 Å². The number of carbonyl (C=O) groups excluding carboxylic acids is 1. The van der Waals surface area contributed by atoms with Crippen molar-refractivity contribution in [2.24, 2.45) is 0 Å². The maximum absolute atomic E-state index is 13.2. The van der Waals surface area contributed by atoms with E-state index in [2.05, 4.69) is 20.8 Å². The third-order valence-corrected chi connectivity index (χ3v) is 5.19. The quantitative estimate of drug-likeness (QED) is 0.644. The molecule has 1 heterocycles. The second kappa shape index (κ2) is 8.06. The Morgan fingerprint density at radius 1 is 1.26 bits per heavy atom. The first-order chi connectivity index (χ1) is 12.8. The van der Waals surface area contributed by atoms with Gasteiger partial charge in [-0.15, -0.1) is 5.10 Å². The molecule has 3 rings (SSSR count). The van der Waals surface area contributed by atoms with Gasteiger partial charge in [-0.2, -0.15) is 4.68 Å². The number of hydrogen-bond donors (Lipinski definition) is 1. The predicted octanol–water partition coefficient (Wildman–Crippen LogP) is 4.19. The summed E-state index contributed by atoms with van der Waals surface area (Å²) in [6.45, 7) is 5.70. The molecule has 0 saturated carbocycles. The number of nitrogens with zero attached hydrogens (tertiary/aromatic N) is 4. The van der Waals surface area contributed by atoms with Crippen molar-refractivity contribution < 1.29 is 9.18 Å². The van der Waals surface area contributed by atoms with Gasteiger partial charge in [0.1, 0.15) is 5.82 Å². The van der Waals surface area contributed by atoms with Crippen LogP contribution in [0, 0.1) is 19.7 Å². The molecule has 9 heteroatoms. The number of hydrogen-bond acceptors (Lipinski definition) is 5. The van der Waals surface area contributed by atoms with Crippen LogP contribution in [0.15, 0.2) is 41.6 Å². The average Bonchev–Trinajstić information content (AvgIpc) is 3.08. The molecule has 1 N–H and O–H groups in total. The van der Waals surface area contributed by atoms with Gasteiger partial charge in [0.25, 0.3) is 0 Å². The van der Waals surface area contributed by atoms with E-state index in [0.717, 1.165) is 16.8 Å². The second-order valence-electron chi connectivity index (χ2n) is 6.04. The number of anilines is 1. The molecule has 6 nitrogen and oxygen atoms in total. The summed E-state index contributed by atoms with van der Waals surface area (Å²) in [5.41, 5.74) is 3.39. The van der Waals surface area contributed by atoms with Gasteiger partial charge in [0.15, 0.2) is 0 Å². The van der Waals surface area contributed by atoms with Gasteiger partial charge in [-0.1, -0.05) is 35.5 Å². The lowest BCUT2D eigenvalue weighted by molar-refractivity contribution is -0.115. The van der Waals surface area contributed by atoms with E-state index in [1.54, 1.807) is 11.6 Å². The molecule has 0 radical (unpaired) electrons. The SMILES string of the molecule is Cc1ccc(C)c(-n2nnnc2S[C@H](C)C(=O)Nc2ccc(F)c(Cl)c2)c1. The number of carbonyl (C=O) groups is 1. The Hall–Kier alpha value is -2.45. The number of tetrazole rings is 1. The van der Waals surface area contributed by atoms with Crippen molar-refractivity contribution in [1.29, 1.82) is 0 Å². The zero-order valence-corrected chi connectivity index (χ0v) is 16.5. The molecule has 3 aromatic rings. The molecule has 0 fully saturated rings. The maximum atomic E-state index is 13.2. The van der Waals surface area contributed by atoms with Crippen molar-refractivity contribution in [2.75, 3.05) is 5.32 Å². The Morgan fingerprint density at radius 2 is 2.04 bits per heavy atom. The largest absolute Gasteiger partial charge is 0.325 e. The molecule has 0 aliphatic heterocycles. The van der Waals surface area contributed by atoms with E-state index >= 15 is 0 Å². The summed E-state index contributed by atoms with van der Waals surface area (Å²) in [6.07, 6.45) is 0. The van der Waals surface area contributed by atoms with Crippen LogP contribution < -0.4 is 5.32 Å². The van der Waals surface area contributed by atoms with E-state index in [4.69, 9.17) is 11.6 Å². The Bertz CT molecular complexity index is 994. The van der Waals surface area contributed by atoms with Crippen LogP contribution >= 0.6 is 23.4 Å². The minimum Gasteiger partial charge on any atom is -0.325 e. The highest BCUT2D eigenvalue weighted by atomic mass is 35.5. The predicted molar refractivity (Wildman–Crippen MR) is 104 cm³/mol. The van der Waals surface area contributed by atoms with E-state index in [9.17, 15) is 9.18 Å². The topological polar surface area (TPSA) is 72.7 Å². The van der Waals surface area contributed by atoms with Gasteiger partial charge in [0, 0.05) is 5.69 Å². The number of nitrogens with one attached hydrogen (secondary N) is 1. The number of aryl methyl sites for hydroxylation is 2. The maximum Gasteiger partial charge on any atom is 0.237 e. The summed E-state index contributed by atoms with van der Waals surface area (Å²) in [5, 5.41) is 14.5. The third-order valence-electron chi connectivity index (χ3n) is 3.87. The number of thioether (sulfide) groups is 1. The fraction of sp³-hybridized carbons (Fsp3) is 0.222. The molecule has 1 amide bonds. The molecule has 27 heavy (non-hydrogen) atoms. The van der Waals surface area contributed by atoms with Crippen molar-refractivity contribution in [3.05, 3.63) is 58.4 Å². The molecular formula is C18H17ClFN5OS. The van der Waals surface area contributed by atoms with Gasteiger partial charge >= 0.3 is 0 Å². The second-order valence-corrected chi connectivity index (χ2v) is 7.76. The molecule has 1 aromatic heterocycles. The number of benzene rings is 2. The van der Waals surface area contributed by atoms with E-state index < -0.39 is 11.1 Å². The van der Waals surface area contributed by atoms with Crippen molar-refractivity contribution in [2.45, 2.75) is 31.2 Å². The lowest BCUT2D eigenvalue weighted by atomic mass is 10.1. The zero-order chi connectivity index (χ0) is 19.6. The summed E-state index contributed by atoms with van der Waals surface area (Å²) in [6, 6.07) is 10.0. The summed E-state index contributed by atoms with van der Waals surface area (Å²) >= 11 is 6.98. The summed E-state index contributed by atoms with van der Waals surface area (Å²) in [4.78, 5) is 12.5. The average molecular weight is 406 g/mol. The summed E-state index contributed by atoms with van der Waals surface area (Å²) in [5.74, 6) is -0.803. The number of amides is 1. The molecule has 0 spiro atoms. The van der Waals surface area contributed by atoms with Crippen molar-refractivity contribution >= 4 is 35.0 Å². The van der Waals surface area contributed by atoms with E-state index in [1.807, 2.05) is 32.0 Å². The van der Waals surface area contributed by atoms with E-state index in [1.165, 1.54) is 30.0 Å².